The number of alkyl halides is 3. The standard InChI is InChI=1S/C11H21F3N2O2S/c1-8(2)5-6-19(17,18)16-9-3-4-10(15-7-9)11(12,13)14/h8-10,15-16H,3-7H2,1-2H3. The van der Waals surface area contributed by atoms with Crippen LogP contribution in [0.1, 0.15) is 33.1 Å². The summed E-state index contributed by atoms with van der Waals surface area (Å²) in [6.07, 6.45) is -3.61. The van der Waals surface area contributed by atoms with E-state index in [1.54, 1.807) is 0 Å². The van der Waals surface area contributed by atoms with Gasteiger partial charge in [0.2, 0.25) is 10.0 Å². The van der Waals surface area contributed by atoms with Gasteiger partial charge in [-0.3, -0.25) is 0 Å². The van der Waals surface area contributed by atoms with Gasteiger partial charge in [-0.2, -0.15) is 13.2 Å². The molecule has 2 N–H and O–H groups in total. The maximum absolute atomic E-state index is 12.4. The summed E-state index contributed by atoms with van der Waals surface area (Å²) in [4.78, 5) is 0. The minimum absolute atomic E-state index is 0.0177. The van der Waals surface area contributed by atoms with Gasteiger partial charge < -0.3 is 5.32 Å². The molecule has 0 aromatic carbocycles. The van der Waals surface area contributed by atoms with E-state index in [0.29, 0.717) is 6.42 Å². The summed E-state index contributed by atoms with van der Waals surface area (Å²) < 4.78 is 63.2. The van der Waals surface area contributed by atoms with Crippen LogP contribution in [-0.2, 0) is 10.0 Å². The molecule has 2 atom stereocenters. The Balaban J connectivity index is 2.40. The molecular formula is C11H21F3N2O2S. The first-order valence-corrected chi connectivity index (χ1v) is 8.05. The Bertz CT molecular complexity index is 374. The molecule has 0 aromatic heterocycles. The number of hydrogen-bond donors (Lipinski definition) is 2. The fourth-order valence-electron chi connectivity index (χ4n) is 1.94. The van der Waals surface area contributed by atoms with Gasteiger partial charge in [-0.05, 0) is 25.2 Å². The fraction of sp³-hybridized carbons (Fsp3) is 1.00. The largest absolute Gasteiger partial charge is 0.403 e. The summed E-state index contributed by atoms with van der Waals surface area (Å²) in [5.41, 5.74) is 0. The number of piperidine rings is 1. The zero-order valence-electron chi connectivity index (χ0n) is 11.1. The summed E-state index contributed by atoms with van der Waals surface area (Å²) in [6.45, 7) is 3.86. The topological polar surface area (TPSA) is 58.2 Å². The van der Waals surface area contributed by atoms with Gasteiger partial charge in [0.25, 0.3) is 0 Å². The zero-order valence-corrected chi connectivity index (χ0v) is 11.9. The highest BCUT2D eigenvalue weighted by molar-refractivity contribution is 7.89. The zero-order chi connectivity index (χ0) is 14.7. The van der Waals surface area contributed by atoms with Gasteiger partial charge in [-0.25, -0.2) is 13.1 Å². The molecule has 1 fully saturated rings. The van der Waals surface area contributed by atoms with Gasteiger partial charge in [0.05, 0.1) is 5.75 Å². The lowest BCUT2D eigenvalue weighted by molar-refractivity contribution is -0.160. The van der Waals surface area contributed by atoms with Crippen LogP contribution in [0.4, 0.5) is 13.2 Å². The average Bonchev–Trinajstić information content (AvgIpc) is 2.25. The third-order valence-electron chi connectivity index (χ3n) is 3.12. The summed E-state index contributed by atoms with van der Waals surface area (Å²) in [6, 6.07) is -1.97. The minimum Gasteiger partial charge on any atom is -0.305 e. The second kappa shape index (κ2) is 6.41. The Hall–Kier alpha value is -0.340. The smallest absolute Gasteiger partial charge is 0.305 e. The van der Waals surface area contributed by atoms with Gasteiger partial charge in [-0.1, -0.05) is 13.8 Å². The second-order valence-corrected chi connectivity index (χ2v) is 7.27. The van der Waals surface area contributed by atoms with Gasteiger partial charge >= 0.3 is 6.18 Å². The summed E-state index contributed by atoms with van der Waals surface area (Å²) in [5.74, 6) is 0.291. The molecule has 1 saturated heterocycles. The van der Waals surface area contributed by atoms with Crippen LogP contribution in [0.3, 0.4) is 0 Å². The summed E-state index contributed by atoms with van der Waals surface area (Å²) in [7, 11) is -3.40. The molecular weight excluding hydrogens is 281 g/mol. The van der Waals surface area contributed by atoms with Crippen LogP contribution in [0.15, 0.2) is 0 Å². The van der Waals surface area contributed by atoms with Crippen molar-refractivity contribution in [3.63, 3.8) is 0 Å². The molecule has 2 unspecified atom stereocenters. The van der Waals surface area contributed by atoms with E-state index in [1.165, 1.54) is 0 Å². The van der Waals surface area contributed by atoms with E-state index in [0.717, 1.165) is 0 Å². The Morgan fingerprint density at radius 1 is 1.32 bits per heavy atom. The molecule has 0 aromatic rings. The Morgan fingerprint density at radius 2 is 1.95 bits per heavy atom. The SMILES string of the molecule is CC(C)CCS(=O)(=O)NC1CCC(C(F)(F)F)NC1. The van der Waals surface area contributed by atoms with E-state index in [-0.39, 0.29) is 31.1 Å². The first kappa shape index (κ1) is 16.7. The number of sulfonamides is 1. The Labute approximate surface area is 112 Å². The number of hydrogen-bond acceptors (Lipinski definition) is 3. The number of halogens is 3. The van der Waals surface area contributed by atoms with Crippen molar-refractivity contribution in [3.05, 3.63) is 0 Å². The molecule has 1 heterocycles. The van der Waals surface area contributed by atoms with Gasteiger partial charge in [0, 0.05) is 12.6 Å². The van der Waals surface area contributed by atoms with E-state index >= 15 is 0 Å². The van der Waals surface area contributed by atoms with Gasteiger partial charge in [-0.15, -0.1) is 0 Å². The fourth-order valence-corrected chi connectivity index (χ4v) is 3.55. The highest BCUT2D eigenvalue weighted by Gasteiger charge is 2.41. The van der Waals surface area contributed by atoms with Crippen molar-refractivity contribution in [3.8, 4) is 0 Å². The van der Waals surface area contributed by atoms with Crippen LogP contribution >= 0.6 is 0 Å². The van der Waals surface area contributed by atoms with Crippen LogP contribution in [0.2, 0.25) is 0 Å². The van der Waals surface area contributed by atoms with Crippen LogP contribution < -0.4 is 10.0 Å². The van der Waals surface area contributed by atoms with Crippen molar-refractivity contribution in [2.75, 3.05) is 12.3 Å². The predicted molar refractivity (Wildman–Crippen MR) is 67.2 cm³/mol. The predicted octanol–water partition coefficient (Wildman–Crippen LogP) is 1.63. The van der Waals surface area contributed by atoms with Crippen LogP contribution in [0.25, 0.3) is 0 Å². The highest BCUT2D eigenvalue weighted by Crippen LogP contribution is 2.26. The molecule has 19 heavy (non-hydrogen) atoms. The normalized spacial score (nSPS) is 25.8. The van der Waals surface area contributed by atoms with E-state index in [2.05, 4.69) is 10.0 Å². The highest BCUT2D eigenvalue weighted by atomic mass is 32.2. The van der Waals surface area contributed by atoms with Crippen LogP contribution in [0, 0.1) is 5.92 Å². The van der Waals surface area contributed by atoms with Crippen LogP contribution in [0.5, 0.6) is 0 Å². The molecule has 0 spiro atoms. The Kier molecular flexibility index (Phi) is 5.64. The number of rotatable bonds is 5. The molecule has 1 aliphatic heterocycles. The van der Waals surface area contributed by atoms with E-state index < -0.39 is 28.3 Å². The molecule has 114 valence electrons. The summed E-state index contributed by atoms with van der Waals surface area (Å²) >= 11 is 0. The minimum atomic E-state index is -4.26. The summed E-state index contributed by atoms with van der Waals surface area (Å²) in [5, 5.41) is 2.34. The van der Waals surface area contributed by atoms with E-state index in [1.807, 2.05) is 13.8 Å². The van der Waals surface area contributed by atoms with Crippen molar-refractivity contribution in [2.24, 2.45) is 5.92 Å². The van der Waals surface area contributed by atoms with Crippen LogP contribution in [-0.4, -0.2) is 39.0 Å². The van der Waals surface area contributed by atoms with E-state index in [9.17, 15) is 21.6 Å². The molecule has 1 aliphatic rings. The van der Waals surface area contributed by atoms with Crippen molar-refractivity contribution >= 4 is 10.0 Å². The molecule has 8 heteroatoms. The molecule has 0 bridgehead atoms. The van der Waals surface area contributed by atoms with Gasteiger partial charge in [0.15, 0.2) is 0 Å². The molecule has 1 rings (SSSR count). The third-order valence-corrected chi connectivity index (χ3v) is 4.59. The monoisotopic (exact) mass is 302 g/mol. The lowest BCUT2D eigenvalue weighted by Gasteiger charge is -2.31. The van der Waals surface area contributed by atoms with Crippen molar-refractivity contribution in [1.82, 2.24) is 10.0 Å². The average molecular weight is 302 g/mol. The van der Waals surface area contributed by atoms with Gasteiger partial charge in [0.1, 0.15) is 6.04 Å². The maximum atomic E-state index is 12.4. The van der Waals surface area contributed by atoms with Crippen molar-refractivity contribution in [1.29, 1.82) is 0 Å². The molecule has 0 saturated carbocycles. The van der Waals surface area contributed by atoms with E-state index in [4.69, 9.17) is 0 Å². The molecule has 0 radical (unpaired) electrons. The third kappa shape index (κ3) is 6.09. The van der Waals surface area contributed by atoms with Crippen molar-refractivity contribution < 1.29 is 21.6 Å². The lowest BCUT2D eigenvalue weighted by atomic mass is 10.0. The quantitative estimate of drug-likeness (QED) is 0.811. The van der Waals surface area contributed by atoms with Crippen molar-refractivity contribution in [2.45, 2.75) is 51.4 Å². The maximum Gasteiger partial charge on any atom is 0.403 e. The lowest BCUT2D eigenvalue weighted by Crippen LogP contribution is -2.54. The molecule has 0 amide bonds. The second-order valence-electron chi connectivity index (χ2n) is 5.40. The Morgan fingerprint density at radius 3 is 2.37 bits per heavy atom. The molecule has 4 nitrogen and oxygen atoms in total. The first-order chi connectivity index (χ1) is 8.60. The molecule has 0 aliphatic carbocycles. The first-order valence-electron chi connectivity index (χ1n) is 6.40. The number of nitrogens with one attached hydrogen (secondary N) is 2.